The number of rotatable bonds is 9. The summed E-state index contributed by atoms with van der Waals surface area (Å²) in [6.45, 7) is 0.759. The largest absolute Gasteiger partial charge is 0.480 e. The number of nitrogens with one attached hydrogen (secondary N) is 4. The number of carbonyl (C=O) groups is 3. The second-order valence-corrected chi connectivity index (χ2v) is 8.36. The van der Waals surface area contributed by atoms with E-state index in [0.717, 1.165) is 35.0 Å². The van der Waals surface area contributed by atoms with E-state index in [1.165, 1.54) is 0 Å². The fourth-order valence-corrected chi connectivity index (χ4v) is 4.23. The molecule has 3 aromatic rings. The number of hydrogen-bond acceptors (Lipinski definition) is 4. The second kappa shape index (κ2) is 10.3. The summed E-state index contributed by atoms with van der Waals surface area (Å²) in [5.74, 6) is -1.89. The molecule has 1 aliphatic heterocycles. The number of para-hydroxylation sites is 1. The van der Waals surface area contributed by atoms with Crippen LogP contribution in [-0.4, -0.2) is 52.5 Å². The Morgan fingerprint density at radius 3 is 2.45 bits per heavy atom. The van der Waals surface area contributed by atoms with Crippen LogP contribution in [0.15, 0.2) is 60.8 Å². The van der Waals surface area contributed by atoms with Gasteiger partial charge in [-0.15, -0.1) is 0 Å². The number of fused-ring (bicyclic) bond motifs is 1. The highest BCUT2D eigenvalue weighted by atomic mass is 16.4. The number of aromatic nitrogens is 1. The lowest BCUT2D eigenvalue weighted by Crippen LogP contribution is -2.55. The predicted molar refractivity (Wildman–Crippen MR) is 125 cm³/mol. The molecule has 33 heavy (non-hydrogen) atoms. The quantitative estimate of drug-likeness (QED) is 0.341. The number of aromatic amines is 1. The molecule has 8 nitrogen and oxygen atoms in total. The fraction of sp³-hybridized carbons (Fsp3) is 0.320. The SMILES string of the molecule is O=C(O)C(Cc1ccccc1)NC(=O)C(Cc1c[nH]c2ccccc12)NC(=O)C1CCCN1. The normalized spacial score (nSPS) is 17.4. The van der Waals surface area contributed by atoms with Crippen LogP contribution in [0.25, 0.3) is 10.9 Å². The van der Waals surface area contributed by atoms with E-state index < -0.39 is 24.0 Å². The molecule has 0 spiro atoms. The highest BCUT2D eigenvalue weighted by molar-refractivity contribution is 5.93. The number of benzene rings is 2. The van der Waals surface area contributed by atoms with Crippen LogP contribution in [-0.2, 0) is 27.2 Å². The maximum Gasteiger partial charge on any atom is 0.326 e. The summed E-state index contributed by atoms with van der Waals surface area (Å²) < 4.78 is 0. The highest BCUT2D eigenvalue weighted by Crippen LogP contribution is 2.19. The van der Waals surface area contributed by atoms with Gasteiger partial charge in [0.2, 0.25) is 11.8 Å². The Bertz CT molecular complexity index is 1120. The van der Waals surface area contributed by atoms with Gasteiger partial charge < -0.3 is 26.0 Å². The molecule has 2 amide bonds. The first-order valence-corrected chi connectivity index (χ1v) is 11.2. The third kappa shape index (κ3) is 5.59. The van der Waals surface area contributed by atoms with Gasteiger partial charge in [0.25, 0.3) is 0 Å². The van der Waals surface area contributed by atoms with Crippen LogP contribution < -0.4 is 16.0 Å². The summed E-state index contributed by atoms with van der Waals surface area (Å²) in [6.07, 6.45) is 3.82. The van der Waals surface area contributed by atoms with Crippen LogP contribution >= 0.6 is 0 Å². The first kappa shape index (κ1) is 22.5. The third-order valence-corrected chi connectivity index (χ3v) is 6.01. The molecule has 4 rings (SSSR count). The average molecular weight is 449 g/mol. The van der Waals surface area contributed by atoms with Crippen molar-refractivity contribution in [1.82, 2.24) is 20.9 Å². The lowest BCUT2D eigenvalue weighted by molar-refractivity contribution is -0.142. The minimum Gasteiger partial charge on any atom is -0.480 e. The number of carboxylic acid groups (broad SMARTS) is 1. The van der Waals surface area contributed by atoms with Crippen LogP contribution in [0, 0.1) is 0 Å². The Labute approximate surface area is 191 Å². The van der Waals surface area contributed by atoms with Crippen molar-refractivity contribution >= 4 is 28.7 Å². The molecule has 1 aromatic heterocycles. The maximum absolute atomic E-state index is 13.2. The number of amides is 2. The lowest BCUT2D eigenvalue weighted by atomic mass is 10.0. The standard InChI is InChI=1S/C25H28N4O4/c30-23(20-11-6-12-26-20)28-21(14-17-15-27-19-10-5-4-9-18(17)19)24(31)29-22(25(32)33)13-16-7-2-1-3-8-16/h1-5,7-10,15,20-22,26-27H,6,11-14H2,(H,28,30)(H,29,31)(H,32,33). The molecule has 8 heteroatoms. The van der Waals surface area contributed by atoms with Crippen molar-refractivity contribution in [1.29, 1.82) is 0 Å². The summed E-state index contributed by atoms with van der Waals surface area (Å²) in [4.78, 5) is 41.1. The van der Waals surface area contributed by atoms with Crippen molar-refractivity contribution in [2.24, 2.45) is 0 Å². The van der Waals surface area contributed by atoms with Crippen molar-refractivity contribution in [3.8, 4) is 0 Å². The number of carbonyl (C=O) groups excluding carboxylic acids is 2. The van der Waals surface area contributed by atoms with Gasteiger partial charge in [-0.05, 0) is 36.6 Å². The number of aliphatic carboxylic acids is 1. The van der Waals surface area contributed by atoms with Gasteiger partial charge in [0.1, 0.15) is 12.1 Å². The Kier molecular flexibility index (Phi) is 7.04. The zero-order valence-corrected chi connectivity index (χ0v) is 18.2. The van der Waals surface area contributed by atoms with E-state index in [9.17, 15) is 19.5 Å². The molecular weight excluding hydrogens is 420 g/mol. The van der Waals surface area contributed by atoms with E-state index >= 15 is 0 Å². The van der Waals surface area contributed by atoms with Gasteiger partial charge in [-0.2, -0.15) is 0 Å². The van der Waals surface area contributed by atoms with E-state index in [1.54, 1.807) is 0 Å². The molecule has 0 bridgehead atoms. The van der Waals surface area contributed by atoms with E-state index in [2.05, 4.69) is 20.9 Å². The Morgan fingerprint density at radius 2 is 1.73 bits per heavy atom. The fourth-order valence-electron chi connectivity index (χ4n) is 4.23. The third-order valence-electron chi connectivity index (χ3n) is 6.01. The Balaban J connectivity index is 1.53. The summed E-state index contributed by atoms with van der Waals surface area (Å²) in [7, 11) is 0. The summed E-state index contributed by atoms with van der Waals surface area (Å²) in [5.41, 5.74) is 2.61. The second-order valence-electron chi connectivity index (χ2n) is 8.36. The summed E-state index contributed by atoms with van der Waals surface area (Å²) in [5, 5.41) is 19.3. The van der Waals surface area contributed by atoms with Crippen molar-refractivity contribution in [3.05, 3.63) is 71.9 Å². The monoisotopic (exact) mass is 448 g/mol. The van der Waals surface area contributed by atoms with Gasteiger partial charge in [-0.25, -0.2) is 4.79 Å². The molecule has 1 fully saturated rings. The molecule has 2 heterocycles. The lowest BCUT2D eigenvalue weighted by Gasteiger charge is -2.23. The molecule has 1 saturated heterocycles. The van der Waals surface area contributed by atoms with Crippen LogP contribution in [0.3, 0.4) is 0 Å². The van der Waals surface area contributed by atoms with Crippen LogP contribution in [0.4, 0.5) is 0 Å². The first-order valence-electron chi connectivity index (χ1n) is 11.2. The van der Waals surface area contributed by atoms with Crippen LogP contribution in [0.1, 0.15) is 24.0 Å². The van der Waals surface area contributed by atoms with Gasteiger partial charge in [0.15, 0.2) is 0 Å². The smallest absolute Gasteiger partial charge is 0.326 e. The average Bonchev–Trinajstić information content (AvgIpc) is 3.49. The Morgan fingerprint density at radius 1 is 0.970 bits per heavy atom. The van der Waals surface area contributed by atoms with Gasteiger partial charge in [0, 0.05) is 29.9 Å². The topological polar surface area (TPSA) is 123 Å². The molecule has 0 saturated carbocycles. The number of carboxylic acids is 1. The molecular formula is C25H28N4O4. The zero-order chi connectivity index (χ0) is 23.2. The minimum absolute atomic E-state index is 0.153. The number of H-pyrrole nitrogens is 1. The molecule has 3 atom stereocenters. The van der Waals surface area contributed by atoms with Crippen molar-refractivity contribution < 1.29 is 19.5 Å². The molecule has 3 unspecified atom stereocenters. The van der Waals surface area contributed by atoms with E-state index in [0.29, 0.717) is 6.42 Å². The Hall–Kier alpha value is -3.65. The maximum atomic E-state index is 13.2. The van der Waals surface area contributed by atoms with E-state index in [4.69, 9.17) is 0 Å². The van der Waals surface area contributed by atoms with Crippen molar-refractivity contribution in [2.45, 2.75) is 43.8 Å². The molecule has 172 valence electrons. The molecule has 2 aromatic carbocycles. The van der Waals surface area contributed by atoms with Crippen LogP contribution in [0.2, 0.25) is 0 Å². The minimum atomic E-state index is -1.12. The molecule has 5 N–H and O–H groups in total. The van der Waals surface area contributed by atoms with Gasteiger partial charge in [0.05, 0.1) is 6.04 Å². The van der Waals surface area contributed by atoms with Crippen LogP contribution in [0.5, 0.6) is 0 Å². The van der Waals surface area contributed by atoms with Gasteiger partial charge in [-0.3, -0.25) is 9.59 Å². The predicted octanol–water partition coefficient (Wildman–Crippen LogP) is 1.76. The molecule has 1 aliphatic rings. The first-order chi connectivity index (χ1) is 16.0. The molecule has 0 radical (unpaired) electrons. The molecule has 0 aliphatic carbocycles. The zero-order valence-electron chi connectivity index (χ0n) is 18.2. The summed E-state index contributed by atoms with van der Waals surface area (Å²) >= 11 is 0. The number of hydrogen-bond donors (Lipinski definition) is 5. The van der Waals surface area contributed by atoms with E-state index in [1.807, 2.05) is 60.8 Å². The van der Waals surface area contributed by atoms with Crippen molar-refractivity contribution in [3.63, 3.8) is 0 Å². The van der Waals surface area contributed by atoms with Crippen molar-refractivity contribution in [2.75, 3.05) is 6.54 Å². The van der Waals surface area contributed by atoms with E-state index in [-0.39, 0.29) is 24.8 Å². The van der Waals surface area contributed by atoms with Gasteiger partial charge in [-0.1, -0.05) is 48.5 Å². The summed E-state index contributed by atoms with van der Waals surface area (Å²) in [6, 6.07) is 14.5. The van der Waals surface area contributed by atoms with Gasteiger partial charge >= 0.3 is 5.97 Å². The highest BCUT2D eigenvalue weighted by Gasteiger charge is 2.30.